The number of hydrazone groups is 1. The van der Waals surface area contributed by atoms with Crippen LogP contribution in [0.1, 0.15) is 53.7 Å². The molecular formula is C26H32N4O4. The number of urea groups is 1. The van der Waals surface area contributed by atoms with Crippen LogP contribution in [-0.4, -0.2) is 56.0 Å². The van der Waals surface area contributed by atoms with Crippen LogP contribution in [0, 0.1) is 5.92 Å². The molecule has 2 N–H and O–H groups in total. The first-order chi connectivity index (χ1) is 16.3. The van der Waals surface area contributed by atoms with Gasteiger partial charge in [-0.3, -0.25) is 4.79 Å². The van der Waals surface area contributed by atoms with Crippen molar-refractivity contribution in [2.45, 2.75) is 45.2 Å². The maximum atomic E-state index is 12.6. The zero-order valence-corrected chi connectivity index (χ0v) is 20.3. The molecule has 1 atom stereocenters. The second-order valence-electron chi connectivity index (χ2n) is 9.09. The van der Waals surface area contributed by atoms with E-state index in [0.717, 1.165) is 29.5 Å². The molecule has 1 saturated carbocycles. The maximum Gasteiger partial charge on any atom is 0.337 e. The lowest BCUT2D eigenvalue weighted by Crippen LogP contribution is -2.43. The predicted octanol–water partition coefficient (Wildman–Crippen LogP) is 3.57. The largest absolute Gasteiger partial charge is 0.493 e. The Morgan fingerprint density at radius 2 is 1.68 bits per heavy atom. The van der Waals surface area contributed by atoms with E-state index in [1.807, 2.05) is 31.2 Å². The average Bonchev–Trinajstić information content (AvgIpc) is 2.97. The predicted molar refractivity (Wildman–Crippen MR) is 131 cm³/mol. The van der Waals surface area contributed by atoms with Gasteiger partial charge in [0.05, 0.1) is 26.0 Å². The van der Waals surface area contributed by atoms with Crippen molar-refractivity contribution >= 4 is 17.6 Å². The highest BCUT2D eigenvalue weighted by Crippen LogP contribution is 2.34. The number of amides is 3. The molecule has 1 aliphatic carbocycles. The van der Waals surface area contributed by atoms with Gasteiger partial charge in [0, 0.05) is 29.8 Å². The Bertz CT molecular complexity index is 1110. The van der Waals surface area contributed by atoms with E-state index < -0.39 is 0 Å². The first kappa shape index (κ1) is 23.6. The van der Waals surface area contributed by atoms with E-state index in [1.165, 1.54) is 5.01 Å². The van der Waals surface area contributed by atoms with Gasteiger partial charge in [0.25, 0.3) is 5.91 Å². The molecule has 0 aromatic heterocycles. The third kappa shape index (κ3) is 4.58. The summed E-state index contributed by atoms with van der Waals surface area (Å²) in [5, 5.41) is 12.0. The summed E-state index contributed by atoms with van der Waals surface area (Å²) in [5.74, 6) is 1.81. The normalized spacial score (nSPS) is 21.4. The molecular weight excluding hydrogens is 432 g/mol. The zero-order valence-electron chi connectivity index (χ0n) is 20.3. The second-order valence-corrected chi connectivity index (χ2v) is 9.09. The monoisotopic (exact) mass is 464 g/mol. The number of methoxy groups -OCH3 is 2. The van der Waals surface area contributed by atoms with Gasteiger partial charge in [-0.15, -0.1) is 0 Å². The number of nitrogens with one attached hydrogen (secondary N) is 2. The second kappa shape index (κ2) is 9.75. The number of hydrogen-bond donors (Lipinski definition) is 2. The van der Waals surface area contributed by atoms with Crippen molar-refractivity contribution < 1.29 is 19.1 Å². The van der Waals surface area contributed by atoms with Crippen molar-refractivity contribution in [3.63, 3.8) is 0 Å². The van der Waals surface area contributed by atoms with Crippen LogP contribution in [0.5, 0.6) is 11.5 Å². The van der Waals surface area contributed by atoms with E-state index in [-0.39, 0.29) is 24.0 Å². The molecule has 3 amide bonds. The third-order valence-corrected chi connectivity index (χ3v) is 6.56. The fourth-order valence-corrected chi connectivity index (χ4v) is 4.62. The van der Waals surface area contributed by atoms with Crippen LogP contribution in [0.4, 0.5) is 4.79 Å². The van der Waals surface area contributed by atoms with Crippen molar-refractivity contribution in [3.8, 4) is 11.5 Å². The maximum absolute atomic E-state index is 12.6. The Morgan fingerprint density at radius 1 is 1.03 bits per heavy atom. The van der Waals surface area contributed by atoms with Crippen LogP contribution in [-0.2, 0) is 6.42 Å². The molecule has 180 valence electrons. The molecule has 0 saturated heterocycles. The lowest BCUT2D eigenvalue weighted by atomic mass is 9.82. The Morgan fingerprint density at radius 3 is 2.26 bits per heavy atom. The van der Waals surface area contributed by atoms with Crippen LogP contribution in [0.2, 0.25) is 0 Å². The molecule has 2 aromatic carbocycles. The highest BCUT2D eigenvalue weighted by Gasteiger charge is 2.29. The first-order valence-corrected chi connectivity index (χ1v) is 11.6. The molecule has 34 heavy (non-hydrogen) atoms. The molecule has 0 spiro atoms. The Labute approximate surface area is 200 Å². The van der Waals surface area contributed by atoms with Crippen molar-refractivity contribution in [1.82, 2.24) is 15.6 Å². The van der Waals surface area contributed by atoms with Gasteiger partial charge in [-0.25, -0.2) is 9.80 Å². The van der Waals surface area contributed by atoms with E-state index in [4.69, 9.17) is 14.6 Å². The third-order valence-electron chi connectivity index (χ3n) is 6.56. The fourth-order valence-electron chi connectivity index (χ4n) is 4.62. The lowest BCUT2D eigenvalue weighted by molar-refractivity contribution is 0.0896. The van der Waals surface area contributed by atoms with Crippen LogP contribution >= 0.6 is 0 Å². The molecule has 8 heteroatoms. The molecule has 0 unspecified atom stereocenters. The fraction of sp³-hybridized carbons (Fsp3) is 0.423. The minimum Gasteiger partial charge on any atom is -0.493 e. The van der Waals surface area contributed by atoms with Gasteiger partial charge in [-0.1, -0.05) is 19.1 Å². The van der Waals surface area contributed by atoms with Crippen molar-refractivity contribution in [2.24, 2.45) is 11.0 Å². The number of ether oxygens (including phenoxy) is 2. The minimum atomic E-state index is -0.289. The summed E-state index contributed by atoms with van der Waals surface area (Å²) in [5.41, 5.74) is 3.88. The molecule has 1 aliphatic heterocycles. The molecule has 4 rings (SSSR count). The summed E-state index contributed by atoms with van der Waals surface area (Å²) < 4.78 is 11.0. The van der Waals surface area contributed by atoms with E-state index in [9.17, 15) is 9.59 Å². The zero-order chi connectivity index (χ0) is 24.4. The number of rotatable bonds is 5. The van der Waals surface area contributed by atoms with Gasteiger partial charge in [0.15, 0.2) is 11.5 Å². The van der Waals surface area contributed by atoms with Gasteiger partial charge < -0.3 is 20.1 Å². The summed E-state index contributed by atoms with van der Waals surface area (Å²) in [7, 11) is 4.78. The van der Waals surface area contributed by atoms with Crippen molar-refractivity contribution in [2.75, 3.05) is 21.3 Å². The number of hydrogen-bond acceptors (Lipinski definition) is 5. The van der Waals surface area contributed by atoms with E-state index in [1.54, 1.807) is 33.4 Å². The molecule has 2 aromatic rings. The summed E-state index contributed by atoms with van der Waals surface area (Å²) in [6.45, 7) is 4.15. The van der Waals surface area contributed by atoms with Gasteiger partial charge in [-0.05, 0) is 61.9 Å². The molecule has 2 aliphatic rings. The summed E-state index contributed by atoms with van der Waals surface area (Å²) in [6, 6.07) is 11.0. The lowest BCUT2D eigenvalue weighted by Gasteiger charge is -2.33. The number of nitrogens with zero attached hydrogens (tertiary/aromatic N) is 2. The topological polar surface area (TPSA) is 92.3 Å². The van der Waals surface area contributed by atoms with E-state index in [0.29, 0.717) is 35.1 Å². The van der Waals surface area contributed by atoms with Crippen LogP contribution in [0.3, 0.4) is 0 Å². The average molecular weight is 465 g/mol. The van der Waals surface area contributed by atoms with E-state index in [2.05, 4.69) is 17.6 Å². The Kier molecular flexibility index (Phi) is 6.77. The van der Waals surface area contributed by atoms with Crippen molar-refractivity contribution in [1.29, 1.82) is 0 Å². The molecule has 0 radical (unpaired) electrons. The quantitative estimate of drug-likeness (QED) is 0.708. The molecule has 1 fully saturated rings. The standard InChI is InChI=1S/C26H32N4O4/c1-15-10-20(11-15)28-25(31)18-8-6-17(7-9-18)24-21-14-23(34-5)22(33-4)13-19(21)12-16(2)30(29-24)26(32)27-3/h6-9,13-16,20H,10-12H2,1-5H3,(H,27,32)(H,28,31)/t15?,16-,20?/m1/s1. The highest BCUT2D eigenvalue weighted by atomic mass is 16.5. The molecule has 1 heterocycles. The van der Waals surface area contributed by atoms with Gasteiger partial charge >= 0.3 is 6.03 Å². The summed E-state index contributed by atoms with van der Waals surface area (Å²) in [6.07, 6.45) is 2.64. The number of fused-ring (bicyclic) bond motifs is 1. The number of carbonyl (C=O) groups excluding carboxylic acids is 2. The minimum absolute atomic E-state index is 0.0707. The SMILES string of the molecule is CNC(=O)N1N=C(c2ccc(C(=O)NC3CC(C)C3)cc2)c2cc(OC)c(OC)cc2C[C@H]1C. The summed E-state index contributed by atoms with van der Waals surface area (Å²) in [4.78, 5) is 25.3. The molecule has 8 nitrogen and oxygen atoms in total. The first-order valence-electron chi connectivity index (χ1n) is 11.6. The molecule has 0 bridgehead atoms. The van der Waals surface area contributed by atoms with Crippen LogP contribution < -0.4 is 20.1 Å². The van der Waals surface area contributed by atoms with Crippen LogP contribution in [0.25, 0.3) is 0 Å². The Hall–Kier alpha value is -3.55. The highest BCUT2D eigenvalue weighted by molar-refractivity contribution is 6.15. The smallest absolute Gasteiger partial charge is 0.337 e. The Balaban J connectivity index is 1.72. The van der Waals surface area contributed by atoms with Crippen molar-refractivity contribution in [3.05, 3.63) is 58.7 Å². The van der Waals surface area contributed by atoms with Gasteiger partial charge in [-0.2, -0.15) is 5.10 Å². The number of carbonyl (C=O) groups is 2. The van der Waals surface area contributed by atoms with Gasteiger partial charge in [0.2, 0.25) is 0 Å². The summed E-state index contributed by atoms with van der Waals surface area (Å²) >= 11 is 0. The number of benzene rings is 2. The van der Waals surface area contributed by atoms with E-state index >= 15 is 0 Å². The van der Waals surface area contributed by atoms with Gasteiger partial charge in [0.1, 0.15) is 0 Å². The van der Waals surface area contributed by atoms with Crippen LogP contribution in [0.15, 0.2) is 41.5 Å².